The molecular formula is C39H45NO3Si. The average Bonchev–Trinajstić information content (AvgIpc) is 3.31. The van der Waals surface area contributed by atoms with Crippen molar-refractivity contribution < 1.29 is 14.2 Å². The molecule has 0 amide bonds. The van der Waals surface area contributed by atoms with Gasteiger partial charge in [-0.3, -0.25) is 4.90 Å². The number of nitrogens with zero attached hydrogens (tertiary/aromatic N) is 1. The number of likely N-dealkylation sites (tertiary alicyclic amines) is 1. The van der Waals surface area contributed by atoms with Gasteiger partial charge < -0.3 is 14.2 Å². The largest absolute Gasteiger partial charge is 0.375 e. The summed E-state index contributed by atoms with van der Waals surface area (Å²) in [5.41, 5.74) is 8.34. The van der Waals surface area contributed by atoms with Crippen LogP contribution in [0.3, 0.4) is 0 Å². The van der Waals surface area contributed by atoms with Gasteiger partial charge in [-0.25, -0.2) is 0 Å². The molecule has 0 aliphatic carbocycles. The summed E-state index contributed by atoms with van der Waals surface area (Å²) in [7, 11) is -1.55. The summed E-state index contributed by atoms with van der Waals surface area (Å²) in [5.74, 6) is 3.60. The van der Waals surface area contributed by atoms with Crippen LogP contribution in [0.2, 0.25) is 19.6 Å². The summed E-state index contributed by atoms with van der Waals surface area (Å²) >= 11 is 0. The van der Waals surface area contributed by atoms with E-state index in [9.17, 15) is 0 Å². The maximum absolute atomic E-state index is 6.87. The Kier molecular flexibility index (Phi) is 11.6. The minimum absolute atomic E-state index is 0.0120. The standard InChI is InChI=1S/C39H45NO3Si/c1-44(2,3)26-16-25-36-38(42-29-34-21-12-6-13-22-34)39(43-30-35-23-14-7-15-24-35)37(31-41-28-33-19-10-5-11-20-33)40(36)27-32-17-8-4-9-18-32/h4-15,17-24,36-39H,25,27-31H2,1-3H3/t36?,37-,38-,39-/m0/s1. The highest BCUT2D eigenvalue weighted by molar-refractivity contribution is 6.83. The topological polar surface area (TPSA) is 30.9 Å². The zero-order chi connectivity index (χ0) is 30.6. The number of hydrogen-bond donors (Lipinski definition) is 0. The summed E-state index contributed by atoms with van der Waals surface area (Å²) in [6, 6.07) is 41.9. The Morgan fingerprint density at radius 3 is 1.48 bits per heavy atom. The van der Waals surface area contributed by atoms with Gasteiger partial charge in [-0.2, -0.15) is 0 Å². The lowest BCUT2D eigenvalue weighted by Gasteiger charge is -2.30. The van der Waals surface area contributed by atoms with Crippen LogP contribution in [0.15, 0.2) is 121 Å². The first-order valence-electron chi connectivity index (χ1n) is 15.7. The van der Waals surface area contributed by atoms with E-state index in [4.69, 9.17) is 14.2 Å². The van der Waals surface area contributed by atoms with Crippen LogP contribution in [0.1, 0.15) is 28.7 Å². The van der Waals surface area contributed by atoms with Crippen molar-refractivity contribution >= 4 is 8.07 Å². The summed E-state index contributed by atoms with van der Waals surface area (Å²) < 4.78 is 20.2. The van der Waals surface area contributed by atoms with E-state index in [2.05, 4.69) is 139 Å². The first-order valence-corrected chi connectivity index (χ1v) is 19.2. The van der Waals surface area contributed by atoms with Crippen LogP contribution in [-0.2, 0) is 40.6 Å². The Labute approximate surface area is 265 Å². The summed E-state index contributed by atoms with van der Waals surface area (Å²) in [6.45, 7) is 9.78. The van der Waals surface area contributed by atoms with Gasteiger partial charge in [0, 0.05) is 13.0 Å². The van der Waals surface area contributed by atoms with Crippen LogP contribution in [-0.4, -0.2) is 43.9 Å². The number of benzene rings is 4. The fraction of sp³-hybridized carbons (Fsp3) is 0.333. The van der Waals surface area contributed by atoms with Crippen LogP contribution in [0.5, 0.6) is 0 Å². The van der Waals surface area contributed by atoms with Crippen molar-refractivity contribution in [1.82, 2.24) is 4.90 Å². The second-order valence-electron chi connectivity index (χ2n) is 12.6. The van der Waals surface area contributed by atoms with Crippen molar-refractivity contribution in [1.29, 1.82) is 0 Å². The van der Waals surface area contributed by atoms with E-state index in [0.29, 0.717) is 26.4 Å². The van der Waals surface area contributed by atoms with Crippen LogP contribution < -0.4 is 0 Å². The third-order valence-electron chi connectivity index (χ3n) is 7.89. The van der Waals surface area contributed by atoms with E-state index in [1.807, 2.05) is 18.2 Å². The van der Waals surface area contributed by atoms with Gasteiger partial charge in [-0.1, -0.05) is 141 Å². The zero-order valence-corrected chi connectivity index (χ0v) is 27.3. The molecule has 44 heavy (non-hydrogen) atoms. The Bertz CT molecular complexity index is 1450. The molecule has 1 unspecified atom stereocenters. The molecule has 5 rings (SSSR count). The van der Waals surface area contributed by atoms with Crippen molar-refractivity contribution in [3.8, 4) is 11.5 Å². The lowest BCUT2D eigenvalue weighted by atomic mass is 10.0. The third kappa shape index (κ3) is 9.50. The molecule has 1 saturated heterocycles. The maximum atomic E-state index is 6.87. The minimum atomic E-state index is -1.55. The van der Waals surface area contributed by atoms with Crippen LogP contribution in [0.25, 0.3) is 0 Å². The highest BCUT2D eigenvalue weighted by Gasteiger charge is 2.50. The van der Waals surface area contributed by atoms with Crippen molar-refractivity contribution in [2.45, 2.75) is 76.7 Å². The Balaban J connectivity index is 1.48. The first kappa shape index (κ1) is 31.9. The molecule has 228 valence electrons. The molecule has 5 heteroatoms. The number of rotatable bonds is 13. The molecule has 4 aromatic carbocycles. The quantitative estimate of drug-likeness (QED) is 0.115. The summed E-state index contributed by atoms with van der Waals surface area (Å²) in [4.78, 5) is 2.55. The SMILES string of the molecule is C[Si](C)(C)C#CCC1[C@H](OCc2ccccc2)[C@@H](OCc2ccccc2)[C@H](COCc2ccccc2)N1Cc1ccccc1. The van der Waals surface area contributed by atoms with Gasteiger partial charge >= 0.3 is 0 Å². The van der Waals surface area contributed by atoms with E-state index in [1.165, 1.54) is 5.56 Å². The van der Waals surface area contributed by atoms with Gasteiger partial charge in [0.2, 0.25) is 0 Å². The van der Waals surface area contributed by atoms with Crippen LogP contribution in [0, 0.1) is 11.5 Å². The molecule has 0 saturated carbocycles. The van der Waals surface area contributed by atoms with Crippen LogP contribution in [0.4, 0.5) is 0 Å². The van der Waals surface area contributed by atoms with Gasteiger partial charge in [0.1, 0.15) is 20.3 Å². The average molecular weight is 604 g/mol. The monoisotopic (exact) mass is 603 g/mol. The van der Waals surface area contributed by atoms with E-state index in [-0.39, 0.29) is 24.3 Å². The van der Waals surface area contributed by atoms with E-state index >= 15 is 0 Å². The predicted molar refractivity (Wildman–Crippen MR) is 181 cm³/mol. The normalized spacial score (nSPS) is 20.2. The highest BCUT2D eigenvalue weighted by Crippen LogP contribution is 2.35. The second-order valence-corrected chi connectivity index (χ2v) is 17.3. The highest BCUT2D eigenvalue weighted by atomic mass is 28.3. The molecular weight excluding hydrogens is 559 g/mol. The van der Waals surface area contributed by atoms with Crippen LogP contribution >= 0.6 is 0 Å². The maximum Gasteiger partial charge on any atom is 0.129 e. The van der Waals surface area contributed by atoms with Gasteiger partial charge in [0.15, 0.2) is 0 Å². The molecule has 1 aliphatic heterocycles. The smallest absolute Gasteiger partial charge is 0.129 e. The van der Waals surface area contributed by atoms with E-state index in [1.54, 1.807) is 0 Å². The Hall–Kier alpha value is -3.50. The third-order valence-corrected chi connectivity index (χ3v) is 8.81. The lowest BCUT2D eigenvalue weighted by Crippen LogP contribution is -2.42. The lowest BCUT2D eigenvalue weighted by molar-refractivity contribution is -0.0862. The van der Waals surface area contributed by atoms with Crippen molar-refractivity contribution in [2.24, 2.45) is 0 Å². The van der Waals surface area contributed by atoms with Gasteiger partial charge in [0.25, 0.3) is 0 Å². The van der Waals surface area contributed by atoms with Crippen molar-refractivity contribution in [3.05, 3.63) is 144 Å². The molecule has 4 atom stereocenters. The van der Waals surface area contributed by atoms with Gasteiger partial charge in [-0.05, 0) is 22.3 Å². The fourth-order valence-corrected chi connectivity index (χ4v) is 6.38. The molecule has 0 radical (unpaired) electrons. The molecule has 1 fully saturated rings. The van der Waals surface area contributed by atoms with E-state index in [0.717, 1.165) is 29.7 Å². The summed E-state index contributed by atoms with van der Waals surface area (Å²) in [6.07, 6.45) is 0.345. The van der Waals surface area contributed by atoms with Gasteiger partial charge in [-0.15, -0.1) is 11.5 Å². The molecule has 0 spiro atoms. The first-order chi connectivity index (χ1) is 21.5. The molecule has 0 bridgehead atoms. The van der Waals surface area contributed by atoms with Crippen molar-refractivity contribution in [3.63, 3.8) is 0 Å². The molecule has 0 N–H and O–H groups in total. The van der Waals surface area contributed by atoms with Crippen molar-refractivity contribution in [2.75, 3.05) is 6.61 Å². The number of hydrogen-bond acceptors (Lipinski definition) is 4. The molecule has 1 aliphatic rings. The zero-order valence-electron chi connectivity index (χ0n) is 26.3. The molecule has 4 aromatic rings. The van der Waals surface area contributed by atoms with Gasteiger partial charge in [0.05, 0.1) is 38.5 Å². The Morgan fingerprint density at radius 2 is 1.00 bits per heavy atom. The minimum Gasteiger partial charge on any atom is -0.375 e. The molecule has 1 heterocycles. The second kappa shape index (κ2) is 16.0. The summed E-state index contributed by atoms with van der Waals surface area (Å²) in [5, 5.41) is 0. The molecule has 4 nitrogen and oxygen atoms in total. The van der Waals surface area contributed by atoms with E-state index < -0.39 is 8.07 Å². The molecule has 0 aromatic heterocycles. The fourth-order valence-electron chi connectivity index (χ4n) is 5.75. The number of ether oxygens (including phenoxy) is 3. The Morgan fingerprint density at radius 1 is 0.568 bits per heavy atom. The predicted octanol–water partition coefficient (Wildman–Crippen LogP) is 7.90.